The Morgan fingerprint density at radius 3 is 2.58 bits per heavy atom. The van der Waals surface area contributed by atoms with E-state index in [4.69, 9.17) is 27.9 Å². The van der Waals surface area contributed by atoms with Crippen LogP contribution in [-0.4, -0.2) is 23.9 Å². The molecule has 1 aliphatic rings. The normalized spacial score (nSPS) is 14.5. The molecule has 1 fully saturated rings. The van der Waals surface area contributed by atoms with Crippen molar-refractivity contribution < 1.29 is 9.53 Å². The first-order valence-corrected chi connectivity index (χ1v) is 8.85. The van der Waals surface area contributed by atoms with Gasteiger partial charge in [-0.3, -0.25) is 4.79 Å². The molecule has 1 heterocycles. The van der Waals surface area contributed by atoms with Crippen molar-refractivity contribution in [1.29, 1.82) is 0 Å². The van der Waals surface area contributed by atoms with Crippen LogP contribution in [-0.2, 0) is 6.61 Å². The number of hydrogen-bond donors (Lipinski definition) is 0. The number of piperidine rings is 1. The molecule has 126 valence electrons. The molecule has 0 aliphatic carbocycles. The first-order valence-electron chi connectivity index (χ1n) is 8.09. The van der Waals surface area contributed by atoms with Crippen LogP contribution in [0.5, 0.6) is 5.75 Å². The maximum absolute atomic E-state index is 12.6. The zero-order valence-corrected chi connectivity index (χ0v) is 14.8. The summed E-state index contributed by atoms with van der Waals surface area (Å²) in [7, 11) is 0. The van der Waals surface area contributed by atoms with Crippen LogP contribution < -0.4 is 4.74 Å². The lowest BCUT2D eigenvalue weighted by Gasteiger charge is -2.26. The molecular weight excluding hydrogens is 345 g/mol. The SMILES string of the molecule is O=C(c1cccc(COc2ccc(Cl)cc2Cl)c1)N1CCCCC1. The van der Waals surface area contributed by atoms with Gasteiger partial charge in [0.25, 0.3) is 5.91 Å². The molecule has 2 aromatic rings. The maximum atomic E-state index is 12.6. The number of ether oxygens (including phenoxy) is 1. The number of rotatable bonds is 4. The summed E-state index contributed by atoms with van der Waals surface area (Å²) in [4.78, 5) is 14.5. The number of carbonyl (C=O) groups excluding carboxylic acids is 1. The minimum atomic E-state index is 0.0982. The number of benzene rings is 2. The smallest absolute Gasteiger partial charge is 0.253 e. The molecule has 0 aromatic heterocycles. The van der Waals surface area contributed by atoms with Gasteiger partial charge in [0.1, 0.15) is 12.4 Å². The minimum Gasteiger partial charge on any atom is -0.487 e. The molecule has 5 heteroatoms. The van der Waals surface area contributed by atoms with E-state index >= 15 is 0 Å². The Labute approximate surface area is 152 Å². The van der Waals surface area contributed by atoms with Gasteiger partial charge in [-0.15, -0.1) is 0 Å². The average Bonchev–Trinajstić information content (AvgIpc) is 2.61. The first-order chi connectivity index (χ1) is 11.6. The van der Waals surface area contributed by atoms with Crippen molar-refractivity contribution in [1.82, 2.24) is 4.90 Å². The summed E-state index contributed by atoms with van der Waals surface area (Å²) in [5.74, 6) is 0.676. The van der Waals surface area contributed by atoms with E-state index in [-0.39, 0.29) is 5.91 Å². The minimum absolute atomic E-state index is 0.0982. The fourth-order valence-electron chi connectivity index (χ4n) is 2.83. The van der Waals surface area contributed by atoms with Crippen LogP contribution >= 0.6 is 23.2 Å². The summed E-state index contributed by atoms with van der Waals surface area (Å²) >= 11 is 12.0. The molecule has 0 N–H and O–H groups in total. The molecular formula is C19H19Cl2NO2. The number of carbonyl (C=O) groups is 1. The van der Waals surface area contributed by atoms with Gasteiger partial charge in [-0.1, -0.05) is 35.3 Å². The van der Waals surface area contributed by atoms with Crippen LogP contribution in [0.25, 0.3) is 0 Å². The molecule has 0 radical (unpaired) electrons. The van der Waals surface area contributed by atoms with Crippen molar-refractivity contribution in [2.45, 2.75) is 25.9 Å². The highest BCUT2D eigenvalue weighted by Gasteiger charge is 2.18. The Morgan fingerprint density at radius 1 is 1.04 bits per heavy atom. The largest absolute Gasteiger partial charge is 0.487 e. The van der Waals surface area contributed by atoms with Gasteiger partial charge in [-0.2, -0.15) is 0 Å². The van der Waals surface area contributed by atoms with Crippen molar-refractivity contribution in [3.8, 4) is 5.75 Å². The van der Waals surface area contributed by atoms with Gasteiger partial charge in [0.2, 0.25) is 0 Å². The lowest BCUT2D eigenvalue weighted by Crippen LogP contribution is -2.35. The molecule has 0 bridgehead atoms. The van der Waals surface area contributed by atoms with Crippen molar-refractivity contribution in [3.05, 3.63) is 63.6 Å². The maximum Gasteiger partial charge on any atom is 0.253 e. The van der Waals surface area contributed by atoms with Crippen molar-refractivity contribution in [2.24, 2.45) is 0 Å². The van der Waals surface area contributed by atoms with E-state index in [0.717, 1.165) is 31.5 Å². The molecule has 0 atom stereocenters. The second-order valence-electron chi connectivity index (χ2n) is 5.92. The quantitative estimate of drug-likeness (QED) is 0.746. The third kappa shape index (κ3) is 4.22. The Bertz CT molecular complexity index is 727. The second kappa shape index (κ2) is 7.91. The summed E-state index contributed by atoms with van der Waals surface area (Å²) in [6.45, 7) is 2.04. The molecule has 1 amide bonds. The molecule has 0 spiro atoms. The number of nitrogens with zero attached hydrogens (tertiary/aromatic N) is 1. The second-order valence-corrected chi connectivity index (χ2v) is 6.76. The highest BCUT2D eigenvalue weighted by molar-refractivity contribution is 6.35. The van der Waals surface area contributed by atoms with Gasteiger partial charge in [0, 0.05) is 23.7 Å². The van der Waals surface area contributed by atoms with E-state index in [0.29, 0.717) is 28.0 Å². The average molecular weight is 364 g/mol. The van der Waals surface area contributed by atoms with Crippen LogP contribution in [0, 0.1) is 0 Å². The van der Waals surface area contributed by atoms with Crippen molar-refractivity contribution in [3.63, 3.8) is 0 Å². The molecule has 0 saturated carbocycles. The highest BCUT2D eigenvalue weighted by Crippen LogP contribution is 2.28. The topological polar surface area (TPSA) is 29.5 Å². The summed E-state index contributed by atoms with van der Waals surface area (Å²) in [6, 6.07) is 12.7. The van der Waals surface area contributed by atoms with Crippen LogP contribution in [0.15, 0.2) is 42.5 Å². The van der Waals surface area contributed by atoms with Gasteiger partial charge in [-0.25, -0.2) is 0 Å². The van der Waals surface area contributed by atoms with Crippen molar-refractivity contribution >= 4 is 29.1 Å². The predicted molar refractivity (Wildman–Crippen MR) is 97.0 cm³/mol. The Balaban J connectivity index is 1.67. The number of likely N-dealkylation sites (tertiary alicyclic amines) is 1. The van der Waals surface area contributed by atoms with Gasteiger partial charge >= 0.3 is 0 Å². The van der Waals surface area contributed by atoms with Gasteiger partial charge < -0.3 is 9.64 Å². The van der Waals surface area contributed by atoms with Crippen LogP contribution in [0.4, 0.5) is 0 Å². The predicted octanol–water partition coefficient (Wildman–Crippen LogP) is 5.20. The number of halogens is 2. The van der Waals surface area contributed by atoms with Gasteiger partial charge in [0.05, 0.1) is 5.02 Å². The van der Waals surface area contributed by atoms with Crippen LogP contribution in [0.2, 0.25) is 10.0 Å². The van der Waals surface area contributed by atoms with E-state index in [9.17, 15) is 4.79 Å². The molecule has 0 unspecified atom stereocenters. The lowest BCUT2D eigenvalue weighted by atomic mass is 10.1. The monoisotopic (exact) mass is 363 g/mol. The Kier molecular flexibility index (Phi) is 5.64. The van der Waals surface area contributed by atoms with Gasteiger partial charge in [-0.05, 0) is 55.2 Å². The zero-order valence-electron chi connectivity index (χ0n) is 13.3. The zero-order chi connectivity index (χ0) is 16.9. The third-order valence-electron chi connectivity index (χ3n) is 4.11. The summed E-state index contributed by atoms with van der Waals surface area (Å²) in [5.41, 5.74) is 1.64. The van der Waals surface area contributed by atoms with E-state index < -0.39 is 0 Å². The molecule has 2 aromatic carbocycles. The summed E-state index contributed by atoms with van der Waals surface area (Å²) in [5, 5.41) is 1.05. The lowest BCUT2D eigenvalue weighted by molar-refractivity contribution is 0.0724. The van der Waals surface area contributed by atoms with E-state index in [1.165, 1.54) is 6.42 Å². The van der Waals surface area contributed by atoms with Crippen LogP contribution in [0.3, 0.4) is 0 Å². The molecule has 24 heavy (non-hydrogen) atoms. The summed E-state index contributed by atoms with van der Waals surface area (Å²) < 4.78 is 5.74. The molecule has 3 nitrogen and oxygen atoms in total. The van der Waals surface area contributed by atoms with Crippen molar-refractivity contribution in [2.75, 3.05) is 13.1 Å². The molecule has 1 aliphatic heterocycles. The number of amides is 1. The van der Waals surface area contributed by atoms with E-state index in [1.54, 1.807) is 18.2 Å². The fraction of sp³-hybridized carbons (Fsp3) is 0.316. The standard InChI is InChI=1S/C19H19Cl2NO2/c20-16-7-8-18(17(21)12-16)24-13-14-5-4-6-15(11-14)19(23)22-9-2-1-3-10-22/h4-8,11-12H,1-3,9-10,13H2. The number of hydrogen-bond acceptors (Lipinski definition) is 2. The molecule has 1 saturated heterocycles. The Morgan fingerprint density at radius 2 is 1.83 bits per heavy atom. The van der Waals surface area contributed by atoms with E-state index in [1.807, 2.05) is 29.2 Å². The van der Waals surface area contributed by atoms with Gasteiger partial charge in [0.15, 0.2) is 0 Å². The highest BCUT2D eigenvalue weighted by atomic mass is 35.5. The fourth-order valence-corrected chi connectivity index (χ4v) is 3.29. The molecule has 3 rings (SSSR count). The summed E-state index contributed by atoms with van der Waals surface area (Å²) in [6.07, 6.45) is 3.38. The first kappa shape index (κ1) is 17.1. The Hall–Kier alpha value is -1.71. The van der Waals surface area contributed by atoms with E-state index in [2.05, 4.69) is 0 Å². The third-order valence-corrected chi connectivity index (χ3v) is 4.64. The van der Waals surface area contributed by atoms with Crippen LogP contribution in [0.1, 0.15) is 35.2 Å².